The Bertz CT molecular complexity index is 1390. The summed E-state index contributed by atoms with van der Waals surface area (Å²) in [5, 5.41) is 0. The number of rotatable bonds is 7. The number of piperazine rings is 1. The highest BCUT2D eigenvalue weighted by Crippen LogP contribution is 2.28. The molecule has 8 nitrogen and oxygen atoms in total. The number of carbonyl (C=O) groups is 1. The molecular formula is C27H28N3O5P. The summed E-state index contributed by atoms with van der Waals surface area (Å²) in [5.41, 5.74) is 5.69. The molecule has 1 aliphatic rings. The number of carbonyl (C=O) groups excluding carboxylic acids is 1. The first-order valence-electron chi connectivity index (χ1n) is 11.9. The minimum absolute atomic E-state index is 0.0229. The van der Waals surface area contributed by atoms with E-state index in [2.05, 4.69) is 58.3 Å². The monoisotopic (exact) mass is 505 g/mol. The van der Waals surface area contributed by atoms with E-state index in [0.717, 1.165) is 38.4 Å². The number of anilines is 1. The van der Waals surface area contributed by atoms with E-state index in [1.807, 2.05) is 18.2 Å². The summed E-state index contributed by atoms with van der Waals surface area (Å²) in [5.74, 6) is -0.568. The van der Waals surface area contributed by atoms with E-state index in [4.69, 9.17) is 13.7 Å². The Balaban J connectivity index is 1.25. The number of nitrogens with zero attached hydrogens (tertiary/aromatic N) is 3. The summed E-state index contributed by atoms with van der Waals surface area (Å²) < 4.78 is 16.7. The molecule has 0 amide bonds. The fraction of sp³-hybridized carbons (Fsp3) is 0.259. The normalized spacial score (nSPS) is 14.5. The number of aromatic nitrogens is 1. The van der Waals surface area contributed by atoms with E-state index in [-0.39, 0.29) is 15.5 Å². The average Bonchev–Trinajstić information content (AvgIpc) is 3.24. The van der Waals surface area contributed by atoms with Gasteiger partial charge in [-0.3, -0.25) is 4.90 Å². The van der Waals surface area contributed by atoms with Gasteiger partial charge in [-0.1, -0.05) is 54.6 Å². The van der Waals surface area contributed by atoms with Crippen molar-refractivity contribution in [1.29, 1.82) is 0 Å². The molecule has 0 aliphatic carbocycles. The Labute approximate surface area is 210 Å². The third kappa shape index (κ3) is 5.30. The maximum atomic E-state index is 12.5. The van der Waals surface area contributed by atoms with Crippen LogP contribution < -0.4 is 10.7 Å². The van der Waals surface area contributed by atoms with Crippen LogP contribution in [0.5, 0.6) is 0 Å². The topological polar surface area (TPSA) is 77.1 Å². The van der Waals surface area contributed by atoms with Crippen molar-refractivity contribution in [2.75, 3.05) is 37.7 Å². The van der Waals surface area contributed by atoms with Crippen molar-refractivity contribution in [3.8, 4) is 11.1 Å². The van der Waals surface area contributed by atoms with Gasteiger partial charge < -0.3 is 18.6 Å². The molecule has 1 fully saturated rings. The van der Waals surface area contributed by atoms with Gasteiger partial charge in [-0.25, -0.2) is 14.2 Å². The highest BCUT2D eigenvalue weighted by atomic mass is 31.1. The Morgan fingerprint density at radius 3 is 2.47 bits per heavy atom. The summed E-state index contributed by atoms with van der Waals surface area (Å²) in [6.07, 6.45) is -0.807. The summed E-state index contributed by atoms with van der Waals surface area (Å²) in [7, 11) is -0.0229. The van der Waals surface area contributed by atoms with Crippen LogP contribution in [0.25, 0.3) is 22.2 Å². The van der Waals surface area contributed by atoms with Crippen molar-refractivity contribution in [3.05, 3.63) is 88.9 Å². The maximum Gasteiger partial charge on any atom is 0.512 e. The zero-order valence-electron chi connectivity index (χ0n) is 20.1. The zero-order valence-corrected chi connectivity index (χ0v) is 21.1. The van der Waals surface area contributed by atoms with E-state index >= 15 is 0 Å². The van der Waals surface area contributed by atoms with Crippen molar-refractivity contribution < 1.29 is 18.5 Å². The van der Waals surface area contributed by atoms with Crippen LogP contribution in [0.4, 0.5) is 10.5 Å². The minimum Gasteiger partial charge on any atom is -0.417 e. The molecule has 186 valence electrons. The molecule has 1 aliphatic heterocycles. The molecule has 36 heavy (non-hydrogen) atoms. The van der Waals surface area contributed by atoms with E-state index in [1.165, 1.54) is 21.3 Å². The Hall–Kier alpha value is -3.61. The van der Waals surface area contributed by atoms with Crippen molar-refractivity contribution >= 4 is 31.8 Å². The van der Waals surface area contributed by atoms with Gasteiger partial charge in [-0.2, -0.15) is 0 Å². The van der Waals surface area contributed by atoms with Gasteiger partial charge in [-0.05, 0) is 41.6 Å². The Kier molecular flexibility index (Phi) is 7.35. The SMILES string of the molecule is CPOC(=O)OCn1c(=O)oc2c(N3CCN(Cc4cccc(-c5ccccc5)c4)CC3)cccc21. The molecule has 0 N–H and O–H groups in total. The molecule has 1 atom stereocenters. The lowest BCUT2D eigenvalue weighted by atomic mass is 10.0. The first-order valence-corrected chi connectivity index (χ1v) is 13.3. The second kappa shape index (κ2) is 11.0. The van der Waals surface area contributed by atoms with Crippen LogP contribution in [0, 0.1) is 0 Å². The zero-order chi connectivity index (χ0) is 24.9. The van der Waals surface area contributed by atoms with Crippen LogP contribution in [0.3, 0.4) is 0 Å². The number of fused-ring (bicyclic) bond motifs is 1. The Morgan fingerprint density at radius 2 is 1.69 bits per heavy atom. The molecule has 1 aromatic heterocycles. The van der Waals surface area contributed by atoms with Crippen LogP contribution in [-0.4, -0.2) is 48.5 Å². The van der Waals surface area contributed by atoms with Gasteiger partial charge in [0.25, 0.3) is 0 Å². The molecule has 2 heterocycles. The van der Waals surface area contributed by atoms with Gasteiger partial charge in [0.1, 0.15) is 0 Å². The van der Waals surface area contributed by atoms with Crippen LogP contribution >= 0.6 is 8.81 Å². The number of ether oxygens (including phenoxy) is 1. The van der Waals surface area contributed by atoms with Crippen LogP contribution in [-0.2, 0) is 22.5 Å². The molecule has 0 bridgehead atoms. The van der Waals surface area contributed by atoms with Gasteiger partial charge in [-0.15, -0.1) is 0 Å². The summed E-state index contributed by atoms with van der Waals surface area (Å²) in [6, 6.07) is 24.8. The van der Waals surface area contributed by atoms with Gasteiger partial charge in [0.05, 0.1) is 20.0 Å². The van der Waals surface area contributed by atoms with Gasteiger partial charge in [0.2, 0.25) is 0 Å². The van der Waals surface area contributed by atoms with E-state index in [9.17, 15) is 9.59 Å². The fourth-order valence-electron chi connectivity index (χ4n) is 4.56. The molecule has 1 saturated heterocycles. The molecule has 0 saturated carbocycles. The molecular weight excluding hydrogens is 477 g/mol. The summed E-state index contributed by atoms with van der Waals surface area (Å²) >= 11 is 0. The Morgan fingerprint density at radius 1 is 0.944 bits per heavy atom. The molecule has 4 aromatic rings. The van der Waals surface area contributed by atoms with Crippen molar-refractivity contribution in [2.24, 2.45) is 0 Å². The first-order chi connectivity index (χ1) is 17.6. The number of para-hydroxylation sites is 1. The van der Waals surface area contributed by atoms with Crippen molar-refractivity contribution in [2.45, 2.75) is 13.3 Å². The highest BCUT2D eigenvalue weighted by Gasteiger charge is 2.22. The predicted molar refractivity (Wildman–Crippen MR) is 142 cm³/mol. The number of benzene rings is 3. The van der Waals surface area contributed by atoms with Crippen molar-refractivity contribution in [3.63, 3.8) is 0 Å². The lowest BCUT2D eigenvalue weighted by Gasteiger charge is -2.36. The number of hydrogen-bond acceptors (Lipinski definition) is 7. The lowest BCUT2D eigenvalue weighted by Crippen LogP contribution is -2.46. The van der Waals surface area contributed by atoms with E-state index in [0.29, 0.717) is 11.1 Å². The third-order valence-corrected chi connectivity index (χ3v) is 6.69. The summed E-state index contributed by atoms with van der Waals surface area (Å²) in [4.78, 5) is 28.7. The van der Waals surface area contributed by atoms with Crippen LogP contribution in [0.1, 0.15) is 5.56 Å². The molecule has 9 heteroatoms. The molecule has 0 radical (unpaired) electrons. The van der Waals surface area contributed by atoms with Gasteiger partial charge in [0, 0.05) is 32.7 Å². The van der Waals surface area contributed by atoms with Gasteiger partial charge >= 0.3 is 11.9 Å². The summed E-state index contributed by atoms with van der Waals surface area (Å²) in [6.45, 7) is 5.76. The van der Waals surface area contributed by atoms with Gasteiger partial charge in [0.15, 0.2) is 12.3 Å². The van der Waals surface area contributed by atoms with Crippen LogP contribution in [0.15, 0.2) is 82.0 Å². The maximum absolute atomic E-state index is 12.5. The van der Waals surface area contributed by atoms with Crippen LogP contribution in [0.2, 0.25) is 0 Å². The van der Waals surface area contributed by atoms with E-state index < -0.39 is 11.9 Å². The average molecular weight is 506 g/mol. The quantitative estimate of drug-likeness (QED) is 0.261. The molecule has 3 aromatic carbocycles. The van der Waals surface area contributed by atoms with E-state index in [1.54, 1.807) is 12.7 Å². The lowest BCUT2D eigenvalue weighted by molar-refractivity contribution is 0.0755. The smallest absolute Gasteiger partial charge is 0.417 e. The highest BCUT2D eigenvalue weighted by molar-refractivity contribution is 7.31. The standard InChI is InChI=1S/C27H28N3O5P/c1-36-35-27(32)33-19-30-24-12-6-11-23(25(24)34-26(30)31)29-15-13-28(14-16-29)18-20-7-5-10-22(17-20)21-8-3-2-4-9-21/h2-12,17,36H,13-16,18-19H2,1H3. The fourth-order valence-corrected chi connectivity index (χ4v) is 4.78. The van der Waals surface area contributed by atoms with Crippen molar-refractivity contribution in [1.82, 2.24) is 9.47 Å². The predicted octanol–water partition coefficient (Wildman–Crippen LogP) is 4.92. The number of hydrogen-bond donors (Lipinski definition) is 0. The largest absolute Gasteiger partial charge is 0.512 e. The molecule has 5 rings (SSSR count). The minimum atomic E-state index is -0.807. The third-order valence-electron chi connectivity index (χ3n) is 6.32. The molecule has 0 spiro atoms. The first kappa shape index (κ1) is 24.1. The second-order valence-corrected chi connectivity index (χ2v) is 9.19. The number of oxazole rings is 1. The molecule has 1 unspecified atom stereocenters. The second-order valence-electron chi connectivity index (χ2n) is 8.58.